The lowest BCUT2D eigenvalue weighted by molar-refractivity contribution is 1.12. The Morgan fingerprint density at radius 2 is 2.00 bits per heavy atom. The fourth-order valence-electron chi connectivity index (χ4n) is 2.32. The topological polar surface area (TPSA) is 44.5 Å². The summed E-state index contributed by atoms with van der Waals surface area (Å²) >= 11 is 6.03. The molecule has 0 saturated carbocycles. The molecule has 0 atom stereocenters. The number of hydrogen-bond acceptors (Lipinski definition) is 1. The van der Waals surface area contributed by atoms with Crippen LogP contribution in [0, 0.1) is 0 Å². The largest absolute Gasteiger partial charge is 0.307 e. The van der Waals surface area contributed by atoms with Gasteiger partial charge in [0.05, 0.1) is 16.6 Å². The van der Waals surface area contributed by atoms with Crippen LogP contribution in [-0.2, 0) is 0 Å². The van der Waals surface area contributed by atoms with E-state index < -0.39 is 0 Å². The molecule has 4 aromatic rings. The van der Waals surface area contributed by atoms with Crippen LogP contribution < -0.4 is 0 Å². The molecule has 2 aromatic carbocycles. The van der Waals surface area contributed by atoms with Gasteiger partial charge in [0.2, 0.25) is 0 Å². The average Bonchev–Trinajstić information content (AvgIpc) is 2.91. The molecule has 0 radical (unpaired) electrons. The van der Waals surface area contributed by atoms with Gasteiger partial charge in [0.15, 0.2) is 0 Å². The molecule has 2 N–H and O–H groups in total. The molecule has 0 fully saturated rings. The molecule has 2 heterocycles. The van der Waals surface area contributed by atoms with Crippen LogP contribution in [0.1, 0.15) is 0 Å². The fourth-order valence-corrected chi connectivity index (χ4v) is 2.49. The molecular weight excluding hydrogens is 234 g/mol. The van der Waals surface area contributed by atoms with E-state index >= 15 is 0 Å². The van der Waals surface area contributed by atoms with Gasteiger partial charge in [-0.15, -0.1) is 0 Å². The van der Waals surface area contributed by atoms with Gasteiger partial charge in [-0.3, -0.25) is 5.10 Å². The quantitative estimate of drug-likeness (QED) is 0.483. The Hall–Kier alpha value is -2.00. The number of aromatic amines is 2. The maximum atomic E-state index is 6.03. The van der Waals surface area contributed by atoms with Crippen molar-refractivity contribution in [3.05, 3.63) is 41.6 Å². The van der Waals surface area contributed by atoms with Gasteiger partial charge in [-0.1, -0.05) is 23.7 Å². The highest BCUT2D eigenvalue weighted by molar-refractivity contribution is 6.32. The third kappa shape index (κ3) is 1.14. The first-order chi connectivity index (χ1) is 8.33. The molecule has 0 saturated heterocycles. The Bertz CT molecular complexity index is 857. The lowest BCUT2D eigenvalue weighted by Crippen LogP contribution is -1.72. The van der Waals surface area contributed by atoms with Gasteiger partial charge in [-0.2, -0.15) is 0 Å². The molecule has 4 heteroatoms. The molecule has 0 aliphatic heterocycles. The Morgan fingerprint density at radius 3 is 2.94 bits per heavy atom. The summed E-state index contributed by atoms with van der Waals surface area (Å²) in [7, 11) is 0. The first-order valence-electron chi connectivity index (χ1n) is 5.36. The summed E-state index contributed by atoms with van der Waals surface area (Å²) in [4.78, 5) is 4.65. The van der Waals surface area contributed by atoms with Crippen molar-refractivity contribution in [2.45, 2.75) is 0 Å². The number of hydrogen-bond donors (Lipinski definition) is 2. The van der Waals surface area contributed by atoms with Crippen molar-refractivity contribution < 1.29 is 0 Å². The average molecular weight is 242 g/mol. The van der Waals surface area contributed by atoms with Crippen LogP contribution in [0.5, 0.6) is 0 Å². The molecule has 0 aliphatic rings. The van der Waals surface area contributed by atoms with Crippen molar-refractivity contribution in [3.63, 3.8) is 0 Å². The van der Waals surface area contributed by atoms with E-state index in [1.807, 2.05) is 24.4 Å². The Balaban J connectivity index is 2.33. The second-order valence-corrected chi connectivity index (χ2v) is 4.55. The number of aromatic nitrogens is 3. The van der Waals surface area contributed by atoms with Gasteiger partial charge in [0.25, 0.3) is 0 Å². The van der Waals surface area contributed by atoms with Crippen LogP contribution in [0.3, 0.4) is 0 Å². The summed E-state index contributed by atoms with van der Waals surface area (Å²) < 4.78 is 0. The lowest BCUT2D eigenvalue weighted by Gasteiger charge is -1.92. The van der Waals surface area contributed by atoms with E-state index in [4.69, 9.17) is 11.6 Å². The van der Waals surface area contributed by atoms with Gasteiger partial charge >= 0.3 is 0 Å². The number of H-pyrrole nitrogens is 2. The molecular formula is C13H8ClN3. The second kappa shape index (κ2) is 3.02. The first-order valence-corrected chi connectivity index (χ1v) is 5.74. The van der Waals surface area contributed by atoms with E-state index in [1.165, 1.54) is 0 Å². The van der Waals surface area contributed by atoms with Crippen molar-refractivity contribution >= 4 is 44.3 Å². The van der Waals surface area contributed by atoms with Gasteiger partial charge < -0.3 is 5.10 Å². The van der Waals surface area contributed by atoms with Crippen LogP contribution in [0.2, 0.25) is 5.02 Å². The highest BCUT2D eigenvalue weighted by Crippen LogP contribution is 2.31. The first kappa shape index (κ1) is 9.07. The highest BCUT2D eigenvalue weighted by atomic mass is 35.5. The number of fused-ring (bicyclic) bond motifs is 5. The molecule has 4 rings (SSSR count). The molecule has 17 heavy (non-hydrogen) atoms. The summed E-state index contributed by atoms with van der Waals surface area (Å²) in [6, 6.07) is 9.95. The smallest absolute Gasteiger partial charge is 0.0972 e. The zero-order valence-electron chi connectivity index (χ0n) is 8.79. The van der Waals surface area contributed by atoms with Crippen LogP contribution in [-0.4, -0.2) is 15.2 Å². The summed E-state index contributed by atoms with van der Waals surface area (Å²) in [5.41, 5.74) is 3.00. The van der Waals surface area contributed by atoms with Gasteiger partial charge in [-0.25, -0.2) is 4.98 Å². The Morgan fingerprint density at radius 1 is 1.06 bits per heavy atom. The van der Waals surface area contributed by atoms with E-state index in [-0.39, 0.29) is 0 Å². The van der Waals surface area contributed by atoms with E-state index in [9.17, 15) is 0 Å². The number of rotatable bonds is 0. The van der Waals surface area contributed by atoms with E-state index in [0.717, 1.165) is 37.7 Å². The third-order valence-electron chi connectivity index (χ3n) is 3.12. The summed E-state index contributed by atoms with van der Waals surface area (Å²) in [5.74, 6) is 0. The molecule has 0 bridgehead atoms. The predicted molar refractivity (Wildman–Crippen MR) is 70.5 cm³/mol. The van der Waals surface area contributed by atoms with Crippen LogP contribution in [0.15, 0.2) is 36.5 Å². The zero-order chi connectivity index (χ0) is 11.4. The minimum absolute atomic E-state index is 0.741. The van der Waals surface area contributed by atoms with Crippen molar-refractivity contribution in [2.75, 3.05) is 0 Å². The van der Waals surface area contributed by atoms with E-state index in [2.05, 4.69) is 27.3 Å². The fraction of sp³-hybridized carbons (Fsp3) is 0. The molecule has 3 nitrogen and oxygen atoms in total. The molecule has 0 aliphatic carbocycles. The number of benzene rings is 2. The molecule has 82 valence electrons. The summed E-state index contributed by atoms with van der Waals surface area (Å²) in [6.07, 6.45) is 1.93. The monoisotopic (exact) mass is 241 g/mol. The van der Waals surface area contributed by atoms with Gasteiger partial charge in [-0.05, 0) is 18.2 Å². The van der Waals surface area contributed by atoms with Crippen molar-refractivity contribution in [3.8, 4) is 0 Å². The maximum absolute atomic E-state index is 6.03. The van der Waals surface area contributed by atoms with Gasteiger partial charge in [0, 0.05) is 27.4 Å². The van der Waals surface area contributed by atoms with Crippen molar-refractivity contribution in [1.82, 2.24) is 15.2 Å². The van der Waals surface area contributed by atoms with Gasteiger partial charge in [0.1, 0.15) is 0 Å². The lowest BCUT2D eigenvalue weighted by atomic mass is 10.1. The molecule has 2 aromatic heterocycles. The molecule has 0 unspecified atom stereocenters. The minimum atomic E-state index is 0.741. The highest BCUT2D eigenvalue weighted by Gasteiger charge is 2.09. The second-order valence-electron chi connectivity index (χ2n) is 4.11. The zero-order valence-corrected chi connectivity index (χ0v) is 9.55. The number of nitrogens with one attached hydrogen (secondary N) is 2. The third-order valence-corrected chi connectivity index (χ3v) is 3.35. The Labute approximate surface area is 101 Å². The summed E-state index contributed by atoms with van der Waals surface area (Å²) in [6.45, 7) is 0. The normalized spacial score (nSPS) is 11.8. The van der Waals surface area contributed by atoms with Crippen molar-refractivity contribution in [1.29, 1.82) is 0 Å². The summed E-state index contributed by atoms with van der Waals surface area (Å²) in [5, 5.41) is 10.2. The number of nitrogens with zero attached hydrogens (tertiary/aromatic N) is 1. The molecule has 0 spiro atoms. The maximum Gasteiger partial charge on any atom is 0.0972 e. The molecule has 0 amide bonds. The SMILES string of the molecule is Clc1ccc2nc3c(ccc4c[nH][nH]c43)c2c1. The van der Waals surface area contributed by atoms with Crippen LogP contribution in [0.25, 0.3) is 32.7 Å². The predicted octanol–water partition coefficient (Wildman–Crippen LogP) is 3.85. The standard InChI is InChI=1S/C13H8ClN3/c14-8-2-4-11-10(5-8)9-3-1-7-6-15-17-12(7)13(9)16-11/h1-6,15,17H. The van der Waals surface area contributed by atoms with Crippen LogP contribution in [0.4, 0.5) is 0 Å². The minimum Gasteiger partial charge on any atom is -0.307 e. The van der Waals surface area contributed by atoms with E-state index in [1.54, 1.807) is 0 Å². The Kier molecular flexibility index (Phi) is 1.61. The van der Waals surface area contributed by atoms with Crippen LogP contribution >= 0.6 is 11.6 Å². The number of halogens is 1. The van der Waals surface area contributed by atoms with E-state index in [0.29, 0.717) is 0 Å². The van der Waals surface area contributed by atoms with Crippen molar-refractivity contribution in [2.24, 2.45) is 0 Å².